The van der Waals surface area contributed by atoms with E-state index >= 15 is 0 Å². The fourth-order valence-corrected chi connectivity index (χ4v) is 5.68. The molecule has 0 radical (unpaired) electrons. The molecule has 200 valence electrons. The number of amides is 1. The number of hydrogen-bond acceptors (Lipinski definition) is 4. The first kappa shape index (κ1) is 26.2. The fraction of sp³-hybridized carbons (Fsp3) is 0.406. The lowest BCUT2D eigenvalue weighted by Crippen LogP contribution is -2.50. The average Bonchev–Trinajstić information content (AvgIpc) is 2.97. The highest BCUT2D eigenvalue weighted by molar-refractivity contribution is 5.78. The van der Waals surface area contributed by atoms with E-state index in [0.29, 0.717) is 55.4 Å². The lowest BCUT2D eigenvalue weighted by atomic mass is 9.76. The van der Waals surface area contributed by atoms with E-state index in [2.05, 4.69) is 56.3 Å². The second kappa shape index (κ2) is 12.0. The summed E-state index contributed by atoms with van der Waals surface area (Å²) in [6.07, 6.45) is 1.15. The highest BCUT2D eigenvalue weighted by Crippen LogP contribution is 2.43. The predicted molar refractivity (Wildman–Crippen MR) is 148 cm³/mol. The monoisotopic (exact) mass is 516 g/mol. The lowest BCUT2D eigenvalue weighted by Gasteiger charge is -2.39. The smallest absolute Gasteiger partial charge is 0.260 e. The average molecular weight is 517 g/mol. The van der Waals surface area contributed by atoms with Crippen LogP contribution in [0.15, 0.2) is 78.9 Å². The molecule has 0 saturated carbocycles. The molecule has 0 spiro atoms. The minimum atomic E-state index is -0.228. The van der Waals surface area contributed by atoms with Gasteiger partial charge in [0.2, 0.25) is 0 Å². The summed E-state index contributed by atoms with van der Waals surface area (Å²) >= 11 is 0. The van der Waals surface area contributed by atoms with Crippen molar-refractivity contribution in [2.75, 3.05) is 44.3 Å². The van der Waals surface area contributed by atoms with Gasteiger partial charge in [0.1, 0.15) is 11.6 Å². The van der Waals surface area contributed by atoms with Crippen molar-refractivity contribution in [3.8, 4) is 5.75 Å². The molecule has 5 nitrogen and oxygen atoms in total. The largest absolute Gasteiger partial charge is 0.484 e. The van der Waals surface area contributed by atoms with Crippen LogP contribution in [0, 0.1) is 17.7 Å². The molecule has 0 bridgehead atoms. The molecule has 2 aliphatic rings. The van der Waals surface area contributed by atoms with E-state index in [0.717, 1.165) is 18.6 Å². The van der Waals surface area contributed by atoms with Gasteiger partial charge in [-0.2, -0.15) is 0 Å². The molecule has 2 heterocycles. The Hall–Kier alpha value is -3.38. The van der Waals surface area contributed by atoms with Gasteiger partial charge < -0.3 is 19.3 Å². The number of nitrogens with zero attached hydrogens (tertiary/aromatic N) is 2. The third-order valence-electron chi connectivity index (χ3n) is 7.95. The van der Waals surface area contributed by atoms with Gasteiger partial charge in [0, 0.05) is 32.1 Å². The molecule has 3 atom stereocenters. The first-order valence-corrected chi connectivity index (χ1v) is 13.7. The molecule has 0 N–H and O–H groups in total. The first-order valence-electron chi connectivity index (χ1n) is 13.7. The normalized spacial score (nSPS) is 21.9. The molecule has 2 saturated heterocycles. The molecular weight excluding hydrogens is 479 g/mol. The van der Waals surface area contributed by atoms with E-state index in [-0.39, 0.29) is 24.4 Å². The maximum absolute atomic E-state index is 14.1. The maximum Gasteiger partial charge on any atom is 0.260 e. The summed E-state index contributed by atoms with van der Waals surface area (Å²) in [4.78, 5) is 16.5. The van der Waals surface area contributed by atoms with Gasteiger partial charge in [-0.3, -0.25) is 4.79 Å². The Morgan fingerprint density at radius 1 is 0.921 bits per heavy atom. The van der Waals surface area contributed by atoms with Crippen molar-refractivity contribution in [1.29, 1.82) is 0 Å². The van der Waals surface area contributed by atoms with Crippen molar-refractivity contribution in [3.63, 3.8) is 0 Å². The van der Waals surface area contributed by atoms with Crippen LogP contribution in [0.4, 0.5) is 10.1 Å². The van der Waals surface area contributed by atoms with Crippen LogP contribution in [0.25, 0.3) is 0 Å². The van der Waals surface area contributed by atoms with E-state index in [1.807, 2.05) is 23.1 Å². The van der Waals surface area contributed by atoms with E-state index in [1.54, 1.807) is 17.0 Å². The Kier molecular flexibility index (Phi) is 8.28. The van der Waals surface area contributed by atoms with Crippen molar-refractivity contribution in [2.45, 2.75) is 32.3 Å². The molecule has 6 heteroatoms. The van der Waals surface area contributed by atoms with Gasteiger partial charge in [-0.15, -0.1) is 0 Å². The van der Waals surface area contributed by atoms with Gasteiger partial charge in [-0.1, -0.05) is 68.4 Å². The van der Waals surface area contributed by atoms with Crippen LogP contribution in [-0.4, -0.2) is 50.2 Å². The van der Waals surface area contributed by atoms with Gasteiger partial charge in [0.15, 0.2) is 6.61 Å². The number of benzene rings is 3. The summed E-state index contributed by atoms with van der Waals surface area (Å²) in [7, 11) is 0. The molecule has 1 amide bonds. The number of piperazine rings is 1. The van der Waals surface area contributed by atoms with Gasteiger partial charge in [-0.25, -0.2) is 4.39 Å². The molecule has 0 unspecified atom stereocenters. The standard InChI is InChI=1S/C32H37FN2O3/c1-23(2)28-20-26(24-8-4-3-5-9-24)21-38-32(28)25-12-14-27(15-13-25)37-22-31(36)35-18-16-34(17-19-35)30-11-7-6-10-29(30)33/h3-15,23,26,28,32H,16-22H2,1-2H3/t26-,28-,32-/m0/s1. The van der Waals surface area contributed by atoms with E-state index in [9.17, 15) is 9.18 Å². The summed E-state index contributed by atoms with van der Waals surface area (Å²) in [6, 6.07) is 25.4. The molecule has 2 aliphatic heterocycles. The topological polar surface area (TPSA) is 42.0 Å². The number of hydrogen-bond donors (Lipinski definition) is 0. The Morgan fingerprint density at radius 2 is 1.61 bits per heavy atom. The minimum absolute atomic E-state index is 0.00759. The van der Waals surface area contributed by atoms with Crippen molar-refractivity contribution >= 4 is 11.6 Å². The fourth-order valence-electron chi connectivity index (χ4n) is 5.68. The third kappa shape index (κ3) is 6.02. The Morgan fingerprint density at radius 3 is 2.29 bits per heavy atom. The number of carbonyl (C=O) groups is 1. The zero-order valence-electron chi connectivity index (χ0n) is 22.3. The highest BCUT2D eigenvalue weighted by Gasteiger charge is 2.35. The van der Waals surface area contributed by atoms with Crippen LogP contribution in [0.3, 0.4) is 0 Å². The number of carbonyl (C=O) groups excluding carboxylic acids is 1. The van der Waals surface area contributed by atoms with Crippen LogP contribution >= 0.6 is 0 Å². The van der Waals surface area contributed by atoms with Gasteiger partial charge in [0.05, 0.1) is 18.4 Å². The molecular formula is C32H37FN2O3. The van der Waals surface area contributed by atoms with Crippen molar-refractivity contribution in [2.24, 2.45) is 11.8 Å². The Labute approximate surface area is 225 Å². The SMILES string of the molecule is CC(C)[C@@H]1C[C@H](c2ccccc2)CO[C@H]1c1ccc(OCC(=O)N2CCN(c3ccccc3F)CC2)cc1. The van der Waals surface area contributed by atoms with E-state index < -0.39 is 0 Å². The van der Waals surface area contributed by atoms with Crippen LogP contribution in [0.1, 0.15) is 43.4 Å². The summed E-state index contributed by atoms with van der Waals surface area (Å²) in [5.41, 5.74) is 3.09. The number of rotatable bonds is 7. The predicted octanol–water partition coefficient (Wildman–Crippen LogP) is 6.07. The van der Waals surface area contributed by atoms with Gasteiger partial charge >= 0.3 is 0 Å². The quantitative estimate of drug-likeness (QED) is 0.382. The first-order chi connectivity index (χ1) is 18.5. The van der Waals surface area contributed by atoms with Crippen molar-refractivity contribution in [3.05, 3.63) is 95.8 Å². The lowest BCUT2D eigenvalue weighted by molar-refractivity contribution is -0.133. The summed E-state index contributed by atoms with van der Waals surface area (Å²) in [6.45, 7) is 7.56. The van der Waals surface area contributed by atoms with Crippen LogP contribution in [0.5, 0.6) is 5.75 Å². The third-order valence-corrected chi connectivity index (χ3v) is 7.95. The minimum Gasteiger partial charge on any atom is -0.484 e. The highest BCUT2D eigenvalue weighted by atomic mass is 19.1. The maximum atomic E-state index is 14.1. The molecule has 3 aromatic carbocycles. The summed E-state index contributed by atoms with van der Waals surface area (Å²) in [5, 5.41) is 0. The van der Waals surface area contributed by atoms with Gasteiger partial charge in [-0.05, 0) is 53.6 Å². The zero-order chi connectivity index (χ0) is 26.5. The van der Waals surface area contributed by atoms with Crippen LogP contribution in [-0.2, 0) is 9.53 Å². The zero-order valence-corrected chi connectivity index (χ0v) is 22.3. The second-order valence-corrected chi connectivity index (χ2v) is 10.7. The Balaban J connectivity index is 1.13. The number of anilines is 1. The van der Waals surface area contributed by atoms with Crippen LogP contribution in [0.2, 0.25) is 0 Å². The molecule has 0 aliphatic carbocycles. The summed E-state index contributed by atoms with van der Waals surface area (Å²) in [5.74, 6) is 1.73. The number of halogens is 1. The number of para-hydroxylation sites is 1. The number of ether oxygens (including phenoxy) is 2. The molecule has 2 fully saturated rings. The van der Waals surface area contributed by atoms with Crippen molar-refractivity contribution < 1.29 is 18.7 Å². The summed E-state index contributed by atoms with van der Waals surface area (Å²) < 4.78 is 26.4. The molecule has 5 rings (SSSR count). The Bertz CT molecular complexity index is 1190. The van der Waals surface area contributed by atoms with Crippen molar-refractivity contribution in [1.82, 2.24) is 4.90 Å². The molecule has 0 aromatic heterocycles. The van der Waals surface area contributed by atoms with E-state index in [1.165, 1.54) is 11.6 Å². The second-order valence-electron chi connectivity index (χ2n) is 10.7. The molecule has 38 heavy (non-hydrogen) atoms. The van der Waals surface area contributed by atoms with Gasteiger partial charge in [0.25, 0.3) is 5.91 Å². The molecule has 3 aromatic rings. The van der Waals surface area contributed by atoms with Crippen LogP contribution < -0.4 is 9.64 Å². The van der Waals surface area contributed by atoms with E-state index in [4.69, 9.17) is 9.47 Å².